The normalized spacial score (nSPS) is 20.6. The highest BCUT2D eigenvalue weighted by molar-refractivity contribution is 5.76. The van der Waals surface area contributed by atoms with Crippen LogP contribution in [0, 0.1) is 11.3 Å². The average molecular weight is 392 g/mol. The Morgan fingerprint density at radius 3 is 2.03 bits per heavy atom. The van der Waals surface area contributed by atoms with Crippen LogP contribution in [-0.4, -0.2) is 28.8 Å². The predicted molar refractivity (Wildman–Crippen MR) is 110 cm³/mol. The van der Waals surface area contributed by atoms with Crippen LogP contribution in [0.25, 0.3) is 0 Å². The molecule has 0 N–H and O–H groups in total. The number of amides is 1. The van der Waals surface area contributed by atoms with Crippen molar-refractivity contribution in [3.05, 3.63) is 71.8 Å². The van der Waals surface area contributed by atoms with E-state index in [0.29, 0.717) is 25.9 Å². The second-order valence-electron chi connectivity index (χ2n) is 7.90. The number of nitriles is 1. The Bertz CT molecular complexity index is 789. The van der Waals surface area contributed by atoms with Crippen molar-refractivity contribution in [3.63, 3.8) is 0 Å². The molecule has 2 aromatic rings. The van der Waals surface area contributed by atoms with Crippen LogP contribution in [0.4, 0.5) is 0 Å². The molecule has 1 aliphatic heterocycles. The van der Waals surface area contributed by atoms with Gasteiger partial charge in [-0.2, -0.15) is 5.26 Å². The van der Waals surface area contributed by atoms with E-state index in [1.54, 1.807) is 0 Å². The summed E-state index contributed by atoms with van der Waals surface area (Å²) in [5.74, 6) is -0.759. The summed E-state index contributed by atoms with van der Waals surface area (Å²) in [7, 11) is 0. The second kappa shape index (κ2) is 9.69. The van der Waals surface area contributed by atoms with Crippen LogP contribution < -0.4 is 0 Å². The molecule has 152 valence electrons. The van der Waals surface area contributed by atoms with E-state index in [1.807, 2.05) is 79.4 Å². The number of carbonyl (C=O) groups excluding carboxylic acids is 1. The number of hydrogen-bond donors (Lipinski definition) is 0. The molecule has 5 nitrogen and oxygen atoms in total. The van der Waals surface area contributed by atoms with Gasteiger partial charge in [0.05, 0.1) is 31.1 Å². The van der Waals surface area contributed by atoms with Crippen molar-refractivity contribution in [2.75, 3.05) is 0 Å². The molecule has 1 fully saturated rings. The fourth-order valence-electron chi connectivity index (χ4n) is 3.74. The van der Waals surface area contributed by atoms with Gasteiger partial charge >= 0.3 is 0 Å². The van der Waals surface area contributed by atoms with Gasteiger partial charge in [-0.15, -0.1) is 0 Å². The highest BCUT2D eigenvalue weighted by atomic mass is 16.7. The van der Waals surface area contributed by atoms with Gasteiger partial charge in [-0.1, -0.05) is 60.7 Å². The summed E-state index contributed by atoms with van der Waals surface area (Å²) < 4.78 is 11.8. The Kier molecular flexibility index (Phi) is 7.03. The highest BCUT2D eigenvalue weighted by Crippen LogP contribution is 2.30. The third-order valence-electron chi connectivity index (χ3n) is 4.93. The number of ether oxygens (including phenoxy) is 2. The Morgan fingerprint density at radius 2 is 1.52 bits per heavy atom. The van der Waals surface area contributed by atoms with Gasteiger partial charge in [-0.05, 0) is 25.0 Å². The molecule has 0 aromatic heterocycles. The molecule has 3 rings (SSSR count). The van der Waals surface area contributed by atoms with Crippen LogP contribution >= 0.6 is 0 Å². The number of carbonyl (C=O) groups is 1. The lowest BCUT2D eigenvalue weighted by Gasteiger charge is -2.40. The van der Waals surface area contributed by atoms with Gasteiger partial charge in [0.2, 0.25) is 5.91 Å². The molecule has 0 unspecified atom stereocenters. The summed E-state index contributed by atoms with van der Waals surface area (Å²) in [5.41, 5.74) is 2.18. The van der Waals surface area contributed by atoms with E-state index < -0.39 is 5.79 Å². The van der Waals surface area contributed by atoms with Crippen molar-refractivity contribution in [3.8, 4) is 6.07 Å². The van der Waals surface area contributed by atoms with Gasteiger partial charge in [0.25, 0.3) is 0 Å². The summed E-state index contributed by atoms with van der Waals surface area (Å²) in [6.07, 6.45) is 0.647. The van der Waals surface area contributed by atoms with E-state index >= 15 is 0 Å². The predicted octanol–water partition coefficient (Wildman–Crippen LogP) is 4.43. The summed E-state index contributed by atoms with van der Waals surface area (Å²) in [5, 5.41) is 9.03. The Labute approximate surface area is 172 Å². The summed E-state index contributed by atoms with van der Waals surface area (Å²) in [6.45, 7) is 4.76. The van der Waals surface area contributed by atoms with E-state index in [0.717, 1.165) is 11.1 Å². The minimum absolute atomic E-state index is 0.0381. The zero-order valence-electron chi connectivity index (χ0n) is 17.1. The zero-order chi connectivity index (χ0) is 20.7. The summed E-state index contributed by atoms with van der Waals surface area (Å²) in [4.78, 5) is 15.1. The molecule has 1 heterocycles. The smallest absolute Gasteiger partial charge is 0.225 e. The topological polar surface area (TPSA) is 62.6 Å². The van der Waals surface area contributed by atoms with E-state index in [1.165, 1.54) is 0 Å². The lowest BCUT2D eigenvalue weighted by atomic mass is 10.0. The Morgan fingerprint density at radius 1 is 1.00 bits per heavy atom. The van der Waals surface area contributed by atoms with Crippen LogP contribution in [0.2, 0.25) is 0 Å². The third-order valence-corrected chi connectivity index (χ3v) is 4.93. The van der Waals surface area contributed by atoms with E-state index in [9.17, 15) is 4.79 Å². The minimum atomic E-state index is -0.797. The maximum absolute atomic E-state index is 13.2. The lowest BCUT2D eigenvalue weighted by molar-refractivity contribution is -0.298. The van der Waals surface area contributed by atoms with Gasteiger partial charge in [0, 0.05) is 19.5 Å². The number of benzene rings is 2. The third kappa shape index (κ3) is 6.42. The van der Waals surface area contributed by atoms with E-state index in [2.05, 4.69) is 6.07 Å². The van der Waals surface area contributed by atoms with Gasteiger partial charge in [-0.3, -0.25) is 4.79 Å². The highest BCUT2D eigenvalue weighted by Gasteiger charge is 2.36. The van der Waals surface area contributed by atoms with Crippen molar-refractivity contribution in [1.82, 2.24) is 4.90 Å². The monoisotopic (exact) mass is 392 g/mol. The molecular weight excluding hydrogens is 364 g/mol. The first-order valence-corrected chi connectivity index (χ1v) is 10.0. The van der Waals surface area contributed by atoms with Crippen molar-refractivity contribution in [2.45, 2.75) is 64.2 Å². The average Bonchev–Trinajstić information content (AvgIpc) is 2.68. The van der Waals surface area contributed by atoms with Gasteiger partial charge < -0.3 is 14.4 Å². The summed E-state index contributed by atoms with van der Waals surface area (Å²) >= 11 is 0. The molecule has 2 aromatic carbocycles. The molecule has 0 aliphatic carbocycles. The Hall–Kier alpha value is -2.68. The Balaban J connectivity index is 1.72. The molecule has 1 aliphatic rings. The maximum atomic E-state index is 13.2. The van der Waals surface area contributed by atoms with Crippen molar-refractivity contribution < 1.29 is 14.3 Å². The zero-order valence-corrected chi connectivity index (χ0v) is 17.1. The number of nitrogens with zero attached hydrogens (tertiary/aromatic N) is 2. The molecule has 0 saturated carbocycles. The lowest BCUT2D eigenvalue weighted by Crippen LogP contribution is -2.46. The van der Waals surface area contributed by atoms with Gasteiger partial charge in [0.15, 0.2) is 5.79 Å². The van der Waals surface area contributed by atoms with Gasteiger partial charge in [0.1, 0.15) is 0 Å². The largest absolute Gasteiger partial charge is 0.347 e. The molecule has 1 saturated heterocycles. The molecule has 2 atom stereocenters. The fraction of sp³-hybridized carbons (Fsp3) is 0.417. The first-order valence-electron chi connectivity index (χ1n) is 10.0. The maximum Gasteiger partial charge on any atom is 0.225 e. The van der Waals surface area contributed by atoms with Crippen LogP contribution in [-0.2, 0) is 27.4 Å². The van der Waals surface area contributed by atoms with Crippen LogP contribution in [0.15, 0.2) is 60.7 Å². The molecule has 5 heteroatoms. The summed E-state index contributed by atoms with van der Waals surface area (Å²) in [6, 6.07) is 22.2. The fourth-order valence-corrected chi connectivity index (χ4v) is 3.74. The molecule has 1 amide bonds. The van der Waals surface area contributed by atoms with Crippen molar-refractivity contribution in [1.29, 1.82) is 5.26 Å². The van der Waals surface area contributed by atoms with Gasteiger partial charge in [-0.25, -0.2) is 0 Å². The first kappa shape index (κ1) is 21.0. The minimum Gasteiger partial charge on any atom is -0.347 e. The SMILES string of the molecule is CC1(C)O[C@H](CC#N)C[C@H](CC(=O)N(Cc2ccccc2)Cc2ccccc2)O1. The van der Waals surface area contributed by atoms with E-state index in [-0.39, 0.29) is 24.5 Å². The van der Waals surface area contributed by atoms with Crippen LogP contribution in [0.5, 0.6) is 0 Å². The quantitative estimate of drug-likeness (QED) is 0.699. The number of hydrogen-bond acceptors (Lipinski definition) is 4. The number of rotatable bonds is 7. The first-order chi connectivity index (χ1) is 13.9. The standard InChI is InChI=1S/C24H28N2O3/c1-24(2)28-21(13-14-25)15-22(29-24)16-23(27)26(17-19-9-5-3-6-10-19)18-20-11-7-4-8-12-20/h3-12,21-22H,13,15-18H2,1-2H3/t21-,22-/m1/s1. The van der Waals surface area contributed by atoms with Crippen molar-refractivity contribution >= 4 is 5.91 Å². The van der Waals surface area contributed by atoms with Crippen molar-refractivity contribution in [2.24, 2.45) is 0 Å². The molecular formula is C24H28N2O3. The van der Waals surface area contributed by atoms with E-state index in [4.69, 9.17) is 14.7 Å². The molecule has 0 bridgehead atoms. The molecule has 0 radical (unpaired) electrons. The molecule has 29 heavy (non-hydrogen) atoms. The molecule has 0 spiro atoms. The van der Waals surface area contributed by atoms with Crippen LogP contribution in [0.1, 0.15) is 44.2 Å². The van der Waals surface area contributed by atoms with Crippen LogP contribution in [0.3, 0.4) is 0 Å². The second-order valence-corrected chi connectivity index (χ2v) is 7.90.